The number of amidine groups is 2. The molecular weight excluding hydrogens is 186 g/mol. The lowest BCUT2D eigenvalue weighted by Crippen LogP contribution is -2.39. The molecule has 1 heterocycles. The molecule has 0 saturated carbocycles. The van der Waals surface area contributed by atoms with Crippen molar-refractivity contribution < 1.29 is 14.3 Å². The molecule has 0 atom stereocenters. The van der Waals surface area contributed by atoms with Crippen LogP contribution in [0.3, 0.4) is 0 Å². The van der Waals surface area contributed by atoms with Gasteiger partial charge < -0.3 is 4.74 Å². The minimum atomic E-state index is -0.378. The number of ether oxygens (including phenoxy) is 1. The summed E-state index contributed by atoms with van der Waals surface area (Å²) in [6, 6.07) is 0.154. The highest BCUT2D eigenvalue weighted by Gasteiger charge is 2.24. The standard InChI is InChI=1S/C8H11N3O3/c1-5(12)9-6-4-7(13)11(2)8(10-6)14-3/h4H2,1-3H3. The summed E-state index contributed by atoms with van der Waals surface area (Å²) in [6.07, 6.45) is 0.0307. The normalized spacial score (nSPS) is 19.6. The van der Waals surface area contributed by atoms with Crippen molar-refractivity contribution in [3.05, 3.63) is 0 Å². The van der Waals surface area contributed by atoms with E-state index in [9.17, 15) is 9.59 Å². The zero-order valence-electron chi connectivity index (χ0n) is 8.27. The Labute approximate surface area is 81.3 Å². The SMILES string of the molecule is COC1=NC(=NC(C)=O)CC(=O)N1C. The van der Waals surface area contributed by atoms with Crippen molar-refractivity contribution >= 4 is 23.7 Å². The maximum absolute atomic E-state index is 11.3. The van der Waals surface area contributed by atoms with E-state index < -0.39 is 0 Å². The number of carbonyl (C=O) groups excluding carboxylic acids is 2. The van der Waals surface area contributed by atoms with E-state index in [1.165, 1.54) is 18.9 Å². The summed E-state index contributed by atoms with van der Waals surface area (Å²) in [5.41, 5.74) is 0. The van der Waals surface area contributed by atoms with E-state index in [2.05, 4.69) is 9.98 Å². The van der Waals surface area contributed by atoms with Crippen molar-refractivity contribution in [3.8, 4) is 0 Å². The van der Waals surface area contributed by atoms with Gasteiger partial charge in [0.1, 0.15) is 5.84 Å². The molecule has 0 aromatic rings. The number of hydrogen-bond acceptors (Lipinski definition) is 3. The van der Waals surface area contributed by atoms with Crippen LogP contribution in [0.15, 0.2) is 9.98 Å². The maximum Gasteiger partial charge on any atom is 0.300 e. The van der Waals surface area contributed by atoms with Crippen LogP contribution in [-0.4, -0.2) is 42.7 Å². The Bertz CT molecular complexity index is 333. The lowest BCUT2D eigenvalue weighted by molar-refractivity contribution is -0.126. The second-order valence-electron chi connectivity index (χ2n) is 2.78. The monoisotopic (exact) mass is 197 g/mol. The van der Waals surface area contributed by atoms with Crippen LogP contribution in [0.1, 0.15) is 13.3 Å². The lowest BCUT2D eigenvalue weighted by atomic mass is 10.3. The van der Waals surface area contributed by atoms with E-state index in [0.29, 0.717) is 0 Å². The van der Waals surface area contributed by atoms with Crippen LogP contribution in [0, 0.1) is 0 Å². The van der Waals surface area contributed by atoms with E-state index >= 15 is 0 Å². The van der Waals surface area contributed by atoms with E-state index in [4.69, 9.17) is 4.74 Å². The first-order chi connectivity index (χ1) is 6.54. The van der Waals surface area contributed by atoms with Crippen LogP contribution in [-0.2, 0) is 14.3 Å². The smallest absolute Gasteiger partial charge is 0.300 e. The van der Waals surface area contributed by atoms with Gasteiger partial charge in [-0.3, -0.25) is 14.5 Å². The van der Waals surface area contributed by atoms with Gasteiger partial charge in [0.15, 0.2) is 0 Å². The third kappa shape index (κ3) is 2.15. The minimum absolute atomic E-state index is 0.0307. The molecule has 6 heteroatoms. The molecule has 2 amide bonds. The van der Waals surface area contributed by atoms with Gasteiger partial charge in [0.2, 0.25) is 11.8 Å². The highest BCUT2D eigenvalue weighted by molar-refractivity contribution is 6.15. The first-order valence-corrected chi connectivity index (χ1v) is 4.02. The average Bonchev–Trinajstić information content (AvgIpc) is 2.10. The molecule has 1 aliphatic heterocycles. The molecular formula is C8H11N3O3. The van der Waals surface area contributed by atoms with Gasteiger partial charge in [-0.05, 0) is 0 Å². The molecule has 0 bridgehead atoms. The Balaban J connectivity index is 2.99. The molecule has 14 heavy (non-hydrogen) atoms. The molecule has 0 radical (unpaired) electrons. The summed E-state index contributed by atoms with van der Waals surface area (Å²) < 4.78 is 4.85. The molecule has 0 spiro atoms. The molecule has 0 aliphatic carbocycles. The predicted octanol–water partition coefficient (Wildman–Crippen LogP) is -0.204. The number of hydrogen-bond donors (Lipinski definition) is 0. The lowest BCUT2D eigenvalue weighted by Gasteiger charge is -2.21. The fraction of sp³-hybridized carbons (Fsp3) is 0.500. The summed E-state index contributed by atoms with van der Waals surface area (Å²) in [5, 5.41) is 0. The maximum atomic E-state index is 11.3. The molecule has 76 valence electrons. The van der Waals surface area contributed by atoms with Crippen LogP contribution in [0.25, 0.3) is 0 Å². The average molecular weight is 197 g/mol. The highest BCUT2D eigenvalue weighted by atomic mass is 16.5. The first-order valence-electron chi connectivity index (χ1n) is 4.02. The molecule has 0 aromatic heterocycles. The zero-order valence-corrected chi connectivity index (χ0v) is 8.27. The second-order valence-corrected chi connectivity index (χ2v) is 2.78. The number of amides is 2. The van der Waals surface area contributed by atoms with E-state index in [1.54, 1.807) is 7.05 Å². The van der Waals surface area contributed by atoms with Crippen molar-refractivity contribution in [3.63, 3.8) is 0 Å². The first kappa shape index (κ1) is 10.4. The van der Waals surface area contributed by atoms with Crippen molar-refractivity contribution in [1.29, 1.82) is 0 Å². The van der Waals surface area contributed by atoms with Crippen molar-refractivity contribution in [2.45, 2.75) is 13.3 Å². The Morgan fingerprint density at radius 2 is 2.29 bits per heavy atom. The van der Waals surface area contributed by atoms with Crippen LogP contribution >= 0.6 is 0 Å². The summed E-state index contributed by atoms with van der Waals surface area (Å²) in [7, 11) is 2.95. The van der Waals surface area contributed by atoms with Crippen molar-refractivity contribution in [1.82, 2.24) is 4.90 Å². The number of aliphatic imine (C=N–C) groups is 2. The van der Waals surface area contributed by atoms with E-state index in [-0.39, 0.29) is 30.1 Å². The van der Waals surface area contributed by atoms with Gasteiger partial charge in [-0.1, -0.05) is 0 Å². The van der Waals surface area contributed by atoms with Gasteiger partial charge in [-0.25, -0.2) is 0 Å². The fourth-order valence-corrected chi connectivity index (χ4v) is 1.01. The van der Waals surface area contributed by atoms with Crippen molar-refractivity contribution in [2.75, 3.05) is 14.2 Å². The molecule has 1 rings (SSSR count). The molecule has 0 unspecified atom stereocenters. The van der Waals surface area contributed by atoms with Crippen molar-refractivity contribution in [2.24, 2.45) is 9.98 Å². The quantitative estimate of drug-likeness (QED) is 0.539. The van der Waals surface area contributed by atoms with Crippen LogP contribution in [0.4, 0.5) is 0 Å². The topological polar surface area (TPSA) is 71.3 Å². The summed E-state index contributed by atoms with van der Waals surface area (Å²) in [4.78, 5) is 30.8. The number of nitrogens with zero attached hydrogens (tertiary/aromatic N) is 3. The number of methoxy groups -OCH3 is 1. The summed E-state index contributed by atoms with van der Waals surface area (Å²) >= 11 is 0. The van der Waals surface area contributed by atoms with Crippen LogP contribution in [0.2, 0.25) is 0 Å². The Kier molecular flexibility index (Phi) is 2.95. The van der Waals surface area contributed by atoms with E-state index in [1.807, 2.05) is 0 Å². The molecule has 0 aromatic carbocycles. The Morgan fingerprint density at radius 1 is 1.64 bits per heavy atom. The van der Waals surface area contributed by atoms with Gasteiger partial charge in [0.25, 0.3) is 6.02 Å². The third-order valence-electron chi connectivity index (χ3n) is 1.66. The number of carbonyl (C=O) groups is 2. The molecule has 0 fully saturated rings. The predicted molar refractivity (Wildman–Crippen MR) is 49.9 cm³/mol. The van der Waals surface area contributed by atoms with Gasteiger partial charge >= 0.3 is 0 Å². The Hall–Kier alpha value is -1.72. The zero-order chi connectivity index (χ0) is 10.7. The highest BCUT2D eigenvalue weighted by Crippen LogP contribution is 2.06. The molecule has 0 N–H and O–H groups in total. The summed E-state index contributed by atoms with van der Waals surface area (Å²) in [6.45, 7) is 1.30. The molecule has 0 saturated heterocycles. The molecule has 1 aliphatic rings. The van der Waals surface area contributed by atoms with Gasteiger partial charge in [0, 0.05) is 14.0 Å². The Morgan fingerprint density at radius 3 is 2.79 bits per heavy atom. The van der Waals surface area contributed by atoms with Crippen LogP contribution < -0.4 is 0 Å². The molecule has 6 nitrogen and oxygen atoms in total. The largest absolute Gasteiger partial charge is 0.468 e. The van der Waals surface area contributed by atoms with Gasteiger partial charge in [-0.2, -0.15) is 9.98 Å². The number of rotatable bonds is 0. The second kappa shape index (κ2) is 3.99. The van der Waals surface area contributed by atoms with Gasteiger partial charge in [-0.15, -0.1) is 0 Å². The summed E-state index contributed by atoms with van der Waals surface area (Å²) in [5.74, 6) is -0.383. The van der Waals surface area contributed by atoms with Gasteiger partial charge in [0.05, 0.1) is 13.5 Å². The fourth-order valence-electron chi connectivity index (χ4n) is 1.01. The third-order valence-corrected chi connectivity index (χ3v) is 1.66. The van der Waals surface area contributed by atoms with E-state index in [0.717, 1.165) is 0 Å². The van der Waals surface area contributed by atoms with Crippen LogP contribution in [0.5, 0.6) is 0 Å². The minimum Gasteiger partial charge on any atom is -0.468 e.